The Hall–Kier alpha value is -1.53. The number of nitriles is 1. The van der Waals surface area contributed by atoms with Crippen LogP contribution >= 0.6 is 0 Å². The third-order valence-electron chi connectivity index (χ3n) is 3.21. The van der Waals surface area contributed by atoms with E-state index in [1.807, 2.05) is 30.3 Å². The molecule has 17 heavy (non-hydrogen) atoms. The number of para-hydroxylation sites is 1. The Morgan fingerprint density at radius 1 is 1.47 bits per heavy atom. The summed E-state index contributed by atoms with van der Waals surface area (Å²) in [6.45, 7) is 3.14. The minimum absolute atomic E-state index is 0.106. The van der Waals surface area contributed by atoms with Crippen LogP contribution in [-0.4, -0.2) is 12.6 Å². The zero-order valence-electron chi connectivity index (χ0n) is 10.1. The fourth-order valence-electron chi connectivity index (χ4n) is 1.93. The van der Waals surface area contributed by atoms with Crippen LogP contribution < -0.4 is 10.1 Å². The van der Waals surface area contributed by atoms with Gasteiger partial charge in [0.25, 0.3) is 0 Å². The molecule has 1 N–H and O–H groups in total. The molecular formula is C14H18N2O. The molecule has 1 aliphatic rings. The van der Waals surface area contributed by atoms with Crippen molar-refractivity contribution in [2.75, 3.05) is 6.61 Å². The van der Waals surface area contributed by atoms with Crippen molar-refractivity contribution in [1.82, 2.24) is 5.32 Å². The summed E-state index contributed by atoms with van der Waals surface area (Å²) in [5, 5.41) is 12.0. The fourth-order valence-corrected chi connectivity index (χ4v) is 1.93. The molecule has 3 nitrogen and oxygen atoms in total. The fraction of sp³-hybridized carbons (Fsp3) is 0.500. The highest BCUT2D eigenvalue weighted by molar-refractivity contribution is 5.33. The maximum Gasteiger partial charge on any atom is 0.174 e. The summed E-state index contributed by atoms with van der Waals surface area (Å²) >= 11 is 0. The third-order valence-corrected chi connectivity index (χ3v) is 3.21. The molecule has 3 heteroatoms. The third kappa shape index (κ3) is 3.47. The van der Waals surface area contributed by atoms with Gasteiger partial charge in [-0.15, -0.1) is 0 Å². The van der Waals surface area contributed by atoms with E-state index < -0.39 is 0 Å². The topological polar surface area (TPSA) is 45.0 Å². The summed E-state index contributed by atoms with van der Waals surface area (Å²) in [6, 6.07) is 10.4. The molecule has 1 aromatic carbocycles. The number of nitrogens with one attached hydrogen (secondary N) is 1. The van der Waals surface area contributed by atoms with Gasteiger partial charge in [0.05, 0.1) is 0 Å². The smallest absolute Gasteiger partial charge is 0.174 e. The number of rotatable bonds is 6. The van der Waals surface area contributed by atoms with E-state index in [1.165, 1.54) is 12.8 Å². The molecule has 0 spiro atoms. The average molecular weight is 230 g/mol. The van der Waals surface area contributed by atoms with Gasteiger partial charge in [-0.2, -0.15) is 5.26 Å². The van der Waals surface area contributed by atoms with Crippen molar-refractivity contribution in [3.63, 3.8) is 0 Å². The SMILES string of the molecule is CC(NCc1ccccc1OCC#N)C1CC1. The Bertz CT molecular complexity index is 407. The van der Waals surface area contributed by atoms with Crippen LogP contribution in [0.3, 0.4) is 0 Å². The number of benzene rings is 1. The molecule has 1 fully saturated rings. The number of nitrogens with zero attached hydrogens (tertiary/aromatic N) is 1. The van der Waals surface area contributed by atoms with Gasteiger partial charge in [-0.25, -0.2) is 0 Å². The first-order chi connectivity index (χ1) is 8.31. The highest BCUT2D eigenvalue weighted by atomic mass is 16.5. The van der Waals surface area contributed by atoms with E-state index >= 15 is 0 Å². The monoisotopic (exact) mass is 230 g/mol. The normalized spacial score (nSPS) is 16.2. The molecule has 1 unspecified atom stereocenters. The summed E-state index contributed by atoms with van der Waals surface area (Å²) in [5.74, 6) is 1.66. The van der Waals surface area contributed by atoms with Crippen LogP contribution in [0.5, 0.6) is 5.75 Å². The van der Waals surface area contributed by atoms with E-state index in [9.17, 15) is 0 Å². The minimum Gasteiger partial charge on any atom is -0.478 e. The predicted molar refractivity (Wildman–Crippen MR) is 66.6 cm³/mol. The molecule has 90 valence electrons. The number of ether oxygens (including phenoxy) is 1. The van der Waals surface area contributed by atoms with Gasteiger partial charge in [0.1, 0.15) is 11.8 Å². The van der Waals surface area contributed by atoms with Gasteiger partial charge in [0.15, 0.2) is 6.61 Å². The first-order valence-corrected chi connectivity index (χ1v) is 6.12. The van der Waals surface area contributed by atoms with Crippen LogP contribution in [0, 0.1) is 17.2 Å². The van der Waals surface area contributed by atoms with Crippen molar-refractivity contribution in [2.24, 2.45) is 5.92 Å². The standard InChI is InChI=1S/C14H18N2O/c1-11(12-6-7-12)16-10-13-4-2-3-5-14(13)17-9-8-15/h2-5,11-12,16H,6-7,9-10H2,1H3. The highest BCUT2D eigenvalue weighted by Crippen LogP contribution is 2.32. The van der Waals surface area contributed by atoms with Gasteiger partial charge in [-0.3, -0.25) is 0 Å². The second-order valence-corrected chi connectivity index (χ2v) is 4.56. The van der Waals surface area contributed by atoms with Gasteiger partial charge in [0.2, 0.25) is 0 Å². The second kappa shape index (κ2) is 5.70. The van der Waals surface area contributed by atoms with E-state index in [1.54, 1.807) is 0 Å². The molecule has 0 aliphatic heterocycles. The summed E-state index contributed by atoms with van der Waals surface area (Å²) < 4.78 is 5.39. The van der Waals surface area contributed by atoms with E-state index in [0.29, 0.717) is 6.04 Å². The van der Waals surface area contributed by atoms with Gasteiger partial charge < -0.3 is 10.1 Å². The van der Waals surface area contributed by atoms with E-state index in [4.69, 9.17) is 10.00 Å². The van der Waals surface area contributed by atoms with Crippen LogP contribution in [0.1, 0.15) is 25.3 Å². The van der Waals surface area contributed by atoms with E-state index in [2.05, 4.69) is 12.2 Å². The molecule has 0 radical (unpaired) electrons. The van der Waals surface area contributed by atoms with Crippen molar-refractivity contribution >= 4 is 0 Å². The highest BCUT2D eigenvalue weighted by Gasteiger charge is 2.27. The zero-order valence-corrected chi connectivity index (χ0v) is 10.1. The van der Waals surface area contributed by atoms with Gasteiger partial charge in [-0.1, -0.05) is 18.2 Å². The first-order valence-electron chi connectivity index (χ1n) is 6.12. The van der Waals surface area contributed by atoms with Gasteiger partial charge in [-0.05, 0) is 31.7 Å². The van der Waals surface area contributed by atoms with Crippen molar-refractivity contribution in [3.05, 3.63) is 29.8 Å². The van der Waals surface area contributed by atoms with Crippen molar-refractivity contribution in [3.8, 4) is 11.8 Å². The Balaban J connectivity index is 1.91. The van der Waals surface area contributed by atoms with Gasteiger partial charge >= 0.3 is 0 Å². The Kier molecular flexibility index (Phi) is 4.00. The Labute approximate surface area is 102 Å². The lowest BCUT2D eigenvalue weighted by Crippen LogP contribution is -2.27. The molecule has 1 aliphatic carbocycles. The summed E-state index contributed by atoms with van der Waals surface area (Å²) in [4.78, 5) is 0. The van der Waals surface area contributed by atoms with Crippen molar-refractivity contribution in [1.29, 1.82) is 5.26 Å². The number of hydrogen-bond donors (Lipinski definition) is 1. The van der Waals surface area contributed by atoms with E-state index in [0.717, 1.165) is 23.8 Å². The molecule has 0 saturated heterocycles. The quantitative estimate of drug-likeness (QED) is 0.816. The second-order valence-electron chi connectivity index (χ2n) is 4.56. The Morgan fingerprint density at radius 2 is 2.24 bits per heavy atom. The van der Waals surface area contributed by atoms with Crippen molar-refractivity contribution in [2.45, 2.75) is 32.4 Å². The molecule has 1 atom stereocenters. The molecule has 0 bridgehead atoms. The van der Waals surface area contributed by atoms with Crippen LogP contribution in [0.4, 0.5) is 0 Å². The molecule has 0 aromatic heterocycles. The predicted octanol–water partition coefficient (Wildman–Crippen LogP) is 2.48. The van der Waals surface area contributed by atoms with Crippen LogP contribution in [0.2, 0.25) is 0 Å². The van der Waals surface area contributed by atoms with Crippen LogP contribution in [-0.2, 0) is 6.54 Å². The lowest BCUT2D eigenvalue weighted by molar-refractivity contribution is 0.361. The maximum atomic E-state index is 8.53. The van der Waals surface area contributed by atoms with Crippen molar-refractivity contribution < 1.29 is 4.74 Å². The molecule has 1 aromatic rings. The summed E-state index contributed by atoms with van der Waals surface area (Å²) in [6.07, 6.45) is 2.70. The zero-order chi connectivity index (χ0) is 12.1. The van der Waals surface area contributed by atoms with E-state index in [-0.39, 0.29) is 6.61 Å². The van der Waals surface area contributed by atoms with Crippen LogP contribution in [0.15, 0.2) is 24.3 Å². The lowest BCUT2D eigenvalue weighted by atomic mass is 10.1. The molecule has 1 saturated carbocycles. The molecule has 2 rings (SSSR count). The van der Waals surface area contributed by atoms with Gasteiger partial charge in [0, 0.05) is 18.2 Å². The molecule has 0 amide bonds. The molecule has 0 heterocycles. The first kappa shape index (κ1) is 11.9. The number of hydrogen-bond acceptors (Lipinski definition) is 3. The van der Waals surface area contributed by atoms with Crippen LogP contribution in [0.25, 0.3) is 0 Å². The Morgan fingerprint density at radius 3 is 2.94 bits per heavy atom. The molecular weight excluding hydrogens is 212 g/mol. The maximum absolute atomic E-state index is 8.53. The lowest BCUT2D eigenvalue weighted by Gasteiger charge is -2.14. The largest absolute Gasteiger partial charge is 0.478 e. The summed E-state index contributed by atoms with van der Waals surface area (Å²) in [7, 11) is 0. The minimum atomic E-state index is 0.106. The average Bonchev–Trinajstić information content (AvgIpc) is 3.18. The summed E-state index contributed by atoms with van der Waals surface area (Å²) in [5.41, 5.74) is 1.12.